The highest BCUT2D eigenvalue weighted by atomic mass is 79.9. The summed E-state index contributed by atoms with van der Waals surface area (Å²) in [6, 6.07) is 18.2. The van der Waals surface area contributed by atoms with Gasteiger partial charge in [-0.05, 0) is 53.9 Å². The van der Waals surface area contributed by atoms with Gasteiger partial charge in [0.05, 0.1) is 17.7 Å². The van der Waals surface area contributed by atoms with Gasteiger partial charge in [0.25, 0.3) is 0 Å². The molecular weight excluding hydrogens is 414 g/mol. The highest BCUT2D eigenvalue weighted by molar-refractivity contribution is 9.10. The Morgan fingerprint density at radius 3 is 2.15 bits per heavy atom. The molecule has 1 aromatic heterocycles. The van der Waals surface area contributed by atoms with Gasteiger partial charge in [0.1, 0.15) is 5.76 Å². The number of nitrogens with zero attached hydrogens (tertiary/aromatic N) is 1. The Morgan fingerprint density at radius 1 is 0.923 bits per heavy atom. The van der Waals surface area contributed by atoms with Gasteiger partial charge < -0.3 is 4.42 Å². The van der Waals surface area contributed by atoms with Crippen molar-refractivity contribution in [3.8, 4) is 0 Å². The van der Waals surface area contributed by atoms with E-state index in [1.807, 2.05) is 24.3 Å². The molecule has 0 aliphatic heterocycles. The summed E-state index contributed by atoms with van der Waals surface area (Å²) in [5.74, 6) is 0.607. The molecule has 0 fully saturated rings. The zero-order chi connectivity index (χ0) is 18.6. The van der Waals surface area contributed by atoms with Crippen molar-refractivity contribution < 1.29 is 12.8 Å². The van der Waals surface area contributed by atoms with Crippen LogP contribution in [0.25, 0.3) is 0 Å². The Balaban J connectivity index is 1.92. The van der Waals surface area contributed by atoms with E-state index in [1.54, 1.807) is 42.7 Å². The summed E-state index contributed by atoms with van der Waals surface area (Å²) < 4.78 is 34.0. The number of benzene rings is 2. The second-order valence-electron chi connectivity index (χ2n) is 5.98. The first-order valence-electron chi connectivity index (χ1n) is 8.35. The van der Waals surface area contributed by atoms with Crippen molar-refractivity contribution in [2.75, 3.05) is 0 Å². The van der Waals surface area contributed by atoms with Crippen molar-refractivity contribution in [1.82, 2.24) is 4.31 Å². The van der Waals surface area contributed by atoms with E-state index in [0.29, 0.717) is 5.76 Å². The number of hydrogen-bond acceptors (Lipinski definition) is 3. The molecule has 0 amide bonds. The van der Waals surface area contributed by atoms with Gasteiger partial charge in [-0.1, -0.05) is 47.1 Å². The topological polar surface area (TPSA) is 50.5 Å². The quantitative estimate of drug-likeness (QED) is 0.526. The van der Waals surface area contributed by atoms with Gasteiger partial charge in [-0.2, -0.15) is 4.31 Å². The molecule has 0 radical (unpaired) electrons. The maximum atomic E-state index is 13.2. The lowest BCUT2D eigenvalue weighted by Crippen LogP contribution is -2.30. The molecule has 0 saturated heterocycles. The zero-order valence-corrected chi connectivity index (χ0v) is 16.8. The normalized spacial score (nSPS) is 11.8. The monoisotopic (exact) mass is 433 g/mol. The summed E-state index contributed by atoms with van der Waals surface area (Å²) in [6.07, 6.45) is 2.50. The molecule has 0 unspecified atom stereocenters. The van der Waals surface area contributed by atoms with E-state index in [4.69, 9.17) is 4.42 Å². The standard InChI is InChI=1S/C20H20BrNO3S/c1-2-16-5-7-17(8-6-16)14-22(15-19-4-3-13-25-19)26(23,24)20-11-9-18(21)10-12-20/h3-13H,2,14-15H2,1H3. The van der Waals surface area contributed by atoms with E-state index in [-0.39, 0.29) is 18.0 Å². The molecule has 4 nitrogen and oxygen atoms in total. The Bertz CT molecular complexity index is 934. The van der Waals surface area contributed by atoms with E-state index in [9.17, 15) is 8.42 Å². The third-order valence-electron chi connectivity index (χ3n) is 4.15. The molecule has 6 heteroatoms. The molecule has 0 atom stereocenters. The second-order valence-corrected chi connectivity index (χ2v) is 8.83. The van der Waals surface area contributed by atoms with E-state index in [0.717, 1.165) is 16.5 Å². The van der Waals surface area contributed by atoms with Gasteiger partial charge in [0.15, 0.2) is 0 Å². The third kappa shape index (κ3) is 4.44. The summed E-state index contributed by atoms with van der Waals surface area (Å²) >= 11 is 3.34. The number of aryl methyl sites for hydroxylation is 1. The maximum absolute atomic E-state index is 13.2. The van der Waals surface area contributed by atoms with Crippen LogP contribution in [0.15, 0.2) is 80.7 Å². The second kappa shape index (κ2) is 8.20. The van der Waals surface area contributed by atoms with Crippen LogP contribution in [0.3, 0.4) is 0 Å². The van der Waals surface area contributed by atoms with Crippen molar-refractivity contribution in [3.63, 3.8) is 0 Å². The summed E-state index contributed by atoms with van der Waals surface area (Å²) in [7, 11) is -3.66. The van der Waals surface area contributed by atoms with Gasteiger partial charge in [-0.15, -0.1) is 0 Å². The Labute approximate surface area is 162 Å². The van der Waals surface area contributed by atoms with Crippen molar-refractivity contribution in [1.29, 1.82) is 0 Å². The van der Waals surface area contributed by atoms with Gasteiger partial charge in [0.2, 0.25) is 10.0 Å². The zero-order valence-electron chi connectivity index (χ0n) is 14.4. The lowest BCUT2D eigenvalue weighted by Gasteiger charge is -2.21. The highest BCUT2D eigenvalue weighted by Gasteiger charge is 2.25. The fourth-order valence-electron chi connectivity index (χ4n) is 2.64. The van der Waals surface area contributed by atoms with Crippen LogP contribution >= 0.6 is 15.9 Å². The number of rotatable bonds is 7. The van der Waals surface area contributed by atoms with Crippen molar-refractivity contribution in [2.24, 2.45) is 0 Å². The lowest BCUT2D eigenvalue weighted by molar-refractivity contribution is 0.358. The molecule has 1 heterocycles. The predicted molar refractivity (Wildman–Crippen MR) is 105 cm³/mol. The van der Waals surface area contributed by atoms with Crippen LogP contribution in [0.4, 0.5) is 0 Å². The van der Waals surface area contributed by atoms with Gasteiger partial charge >= 0.3 is 0 Å². The van der Waals surface area contributed by atoms with E-state index in [1.165, 1.54) is 9.87 Å². The summed E-state index contributed by atoms with van der Waals surface area (Å²) in [5, 5.41) is 0. The minimum Gasteiger partial charge on any atom is -0.468 e. The van der Waals surface area contributed by atoms with Crippen molar-refractivity contribution in [3.05, 3.63) is 88.3 Å². The number of hydrogen-bond donors (Lipinski definition) is 0. The first-order chi connectivity index (χ1) is 12.5. The summed E-state index contributed by atoms with van der Waals surface area (Å²) in [5.41, 5.74) is 2.16. The minimum absolute atomic E-state index is 0.181. The average Bonchev–Trinajstić information content (AvgIpc) is 3.15. The van der Waals surface area contributed by atoms with Gasteiger partial charge in [-0.3, -0.25) is 0 Å². The Hall–Kier alpha value is -1.89. The van der Waals surface area contributed by atoms with Crippen LogP contribution in [0.1, 0.15) is 23.8 Å². The highest BCUT2D eigenvalue weighted by Crippen LogP contribution is 2.23. The van der Waals surface area contributed by atoms with Crippen LogP contribution in [0.5, 0.6) is 0 Å². The largest absolute Gasteiger partial charge is 0.468 e. The molecule has 136 valence electrons. The molecule has 0 aliphatic rings. The van der Waals surface area contributed by atoms with Crippen LogP contribution in [-0.4, -0.2) is 12.7 Å². The fraction of sp³-hybridized carbons (Fsp3) is 0.200. The fourth-order valence-corrected chi connectivity index (χ4v) is 4.30. The molecule has 3 rings (SSSR count). The SMILES string of the molecule is CCc1ccc(CN(Cc2ccco2)S(=O)(=O)c2ccc(Br)cc2)cc1. The average molecular weight is 434 g/mol. The van der Waals surface area contributed by atoms with E-state index >= 15 is 0 Å². The molecule has 0 aliphatic carbocycles. The van der Waals surface area contributed by atoms with E-state index < -0.39 is 10.0 Å². The van der Waals surface area contributed by atoms with Crippen LogP contribution in [-0.2, 0) is 29.5 Å². The first-order valence-corrected chi connectivity index (χ1v) is 10.6. The molecule has 0 saturated carbocycles. The Morgan fingerprint density at radius 2 is 1.58 bits per heavy atom. The number of sulfonamides is 1. The smallest absolute Gasteiger partial charge is 0.243 e. The summed E-state index contributed by atoms with van der Waals surface area (Å²) in [4.78, 5) is 0.262. The third-order valence-corrected chi connectivity index (χ3v) is 6.49. The molecule has 3 aromatic rings. The molecular formula is C20H20BrNO3S. The molecule has 2 aromatic carbocycles. The van der Waals surface area contributed by atoms with Crippen LogP contribution in [0.2, 0.25) is 0 Å². The molecule has 0 bridgehead atoms. The van der Waals surface area contributed by atoms with E-state index in [2.05, 4.69) is 22.9 Å². The van der Waals surface area contributed by atoms with Crippen molar-refractivity contribution >= 4 is 26.0 Å². The van der Waals surface area contributed by atoms with Gasteiger partial charge in [0, 0.05) is 11.0 Å². The minimum atomic E-state index is -3.66. The Kier molecular flexibility index (Phi) is 5.96. The summed E-state index contributed by atoms with van der Waals surface area (Å²) in [6.45, 7) is 2.56. The van der Waals surface area contributed by atoms with Crippen LogP contribution < -0.4 is 0 Å². The first kappa shape index (κ1) is 18.9. The lowest BCUT2D eigenvalue weighted by atomic mass is 10.1. The maximum Gasteiger partial charge on any atom is 0.243 e. The van der Waals surface area contributed by atoms with Gasteiger partial charge in [-0.25, -0.2) is 8.42 Å². The van der Waals surface area contributed by atoms with Crippen molar-refractivity contribution in [2.45, 2.75) is 31.3 Å². The number of halogens is 1. The molecule has 0 N–H and O–H groups in total. The predicted octanol–water partition coefficient (Wildman–Crippen LogP) is 5.00. The molecule has 0 spiro atoms. The van der Waals surface area contributed by atoms with Crippen LogP contribution in [0, 0.1) is 0 Å². The molecule has 26 heavy (non-hydrogen) atoms. The number of furan rings is 1.